The first-order valence-electron chi connectivity index (χ1n) is 6.34. The standard InChI is InChI=1S/C14H18FNO2/c15-12-5-3-11(4-6-12)14(18)2-1-8-16-9-7-13(17)10-16/h3-6,13,17H,1-2,7-10H2/t13-/m1/s1. The molecule has 1 heterocycles. The molecule has 0 unspecified atom stereocenters. The maximum Gasteiger partial charge on any atom is 0.162 e. The lowest BCUT2D eigenvalue weighted by atomic mass is 10.1. The van der Waals surface area contributed by atoms with Gasteiger partial charge < -0.3 is 10.0 Å². The van der Waals surface area contributed by atoms with Crippen molar-refractivity contribution in [2.75, 3.05) is 19.6 Å². The Morgan fingerprint density at radius 1 is 1.39 bits per heavy atom. The van der Waals surface area contributed by atoms with Crippen LogP contribution < -0.4 is 0 Å². The summed E-state index contributed by atoms with van der Waals surface area (Å²) in [7, 11) is 0. The molecule has 0 saturated carbocycles. The second-order valence-electron chi connectivity index (χ2n) is 4.78. The normalized spacial score (nSPS) is 20.2. The van der Waals surface area contributed by atoms with E-state index in [1.165, 1.54) is 24.3 Å². The fraction of sp³-hybridized carbons (Fsp3) is 0.500. The Kier molecular flexibility index (Phi) is 4.44. The van der Waals surface area contributed by atoms with Crippen molar-refractivity contribution in [3.8, 4) is 0 Å². The Balaban J connectivity index is 1.73. The van der Waals surface area contributed by atoms with Crippen LogP contribution in [-0.2, 0) is 0 Å². The van der Waals surface area contributed by atoms with Gasteiger partial charge in [0.1, 0.15) is 5.82 Å². The number of likely N-dealkylation sites (tertiary alicyclic amines) is 1. The van der Waals surface area contributed by atoms with Gasteiger partial charge in [-0.1, -0.05) is 0 Å². The third kappa shape index (κ3) is 3.62. The number of carbonyl (C=O) groups is 1. The number of nitrogens with zero attached hydrogens (tertiary/aromatic N) is 1. The number of aliphatic hydroxyl groups excluding tert-OH is 1. The van der Waals surface area contributed by atoms with Crippen LogP contribution >= 0.6 is 0 Å². The summed E-state index contributed by atoms with van der Waals surface area (Å²) >= 11 is 0. The minimum Gasteiger partial charge on any atom is -0.392 e. The maximum atomic E-state index is 12.7. The van der Waals surface area contributed by atoms with Crippen LogP contribution in [0, 0.1) is 5.82 Å². The van der Waals surface area contributed by atoms with E-state index in [1.54, 1.807) is 0 Å². The summed E-state index contributed by atoms with van der Waals surface area (Å²) in [5.74, 6) is -0.271. The molecule has 1 N–H and O–H groups in total. The quantitative estimate of drug-likeness (QED) is 0.812. The molecule has 1 fully saturated rings. The molecule has 2 rings (SSSR count). The highest BCUT2D eigenvalue weighted by Crippen LogP contribution is 2.11. The summed E-state index contributed by atoms with van der Waals surface area (Å²) < 4.78 is 12.7. The van der Waals surface area contributed by atoms with Crippen molar-refractivity contribution in [2.24, 2.45) is 0 Å². The zero-order valence-corrected chi connectivity index (χ0v) is 10.3. The highest BCUT2D eigenvalue weighted by molar-refractivity contribution is 5.95. The number of hydrogen-bond acceptors (Lipinski definition) is 3. The number of carbonyl (C=O) groups excluding carboxylic acids is 1. The van der Waals surface area contributed by atoms with E-state index in [4.69, 9.17) is 0 Å². The Morgan fingerprint density at radius 2 is 2.11 bits per heavy atom. The number of β-amino-alcohol motifs (C(OH)–C–C–N with tert-alkyl or cyclic N) is 1. The molecular weight excluding hydrogens is 233 g/mol. The Labute approximate surface area is 106 Å². The van der Waals surface area contributed by atoms with Gasteiger partial charge in [-0.05, 0) is 43.7 Å². The van der Waals surface area contributed by atoms with Crippen molar-refractivity contribution in [2.45, 2.75) is 25.4 Å². The average molecular weight is 251 g/mol. The topological polar surface area (TPSA) is 40.5 Å². The number of benzene rings is 1. The first-order valence-corrected chi connectivity index (χ1v) is 6.34. The van der Waals surface area contributed by atoms with Crippen LogP contribution in [0.4, 0.5) is 4.39 Å². The van der Waals surface area contributed by atoms with Crippen LogP contribution in [0.5, 0.6) is 0 Å². The first-order chi connectivity index (χ1) is 8.65. The minimum absolute atomic E-state index is 0.0507. The number of Topliss-reactive ketones (excluding diaryl/α,β-unsaturated/α-hetero) is 1. The third-order valence-electron chi connectivity index (χ3n) is 3.29. The van der Waals surface area contributed by atoms with Crippen LogP contribution in [0.2, 0.25) is 0 Å². The van der Waals surface area contributed by atoms with Crippen LogP contribution in [-0.4, -0.2) is 41.5 Å². The molecule has 0 radical (unpaired) electrons. The monoisotopic (exact) mass is 251 g/mol. The molecule has 0 bridgehead atoms. The van der Waals surface area contributed by atoms with Gasteiger partial charge in [0.05, 0.1) is 6.10 Å². The smallest absolute Gasteiger partial charge is 0.162 e. The van der Waals surface area contributed by atoms with Gasteiger partial charge in [0.25, 0.3) is 0 Å². The summed E-state index contributed by atoms with van der Waals surface area (Å²) in [6.45, 7) is 2.46. The molecule has 0 aromatic heterocycles. The summed E-state index contributed by atoms with van der Waals surface area (Å²) in [6, 6.07) is 5.67. The number of aliphatic hydroxyl groups is 1. The summed E-state index contributed by atoms with van der Waals surface area (Å²) in [5, 5.41) is 9.37. The zero-order valence-electron chi connectivity index (χ0n) is 10.3. The summed E-state index contributed by atoms with van der Waals surface area (Å²) in [6.07, 6.45) is 1.87. The Hall–Kier alpha value is -1.26. The van der Waals surface area contributed by atoms with Gasteiger partial charge >= 0.3 is 0 Å². The van der Waals surface area contributed by atoms with Gasteiger partial charge in [-0.3, -0.25) is 4.79 Å². The number of halogens is 1. The predicted octanol–water partition coefficient (Wildman–Crippen LogP) is 1.86. The largest absolute Gasteiger partial charge is 0.392 e. The number of ketones is 1. The molecule has 0 amide bonds. The number of hydrogen-bond donors (Lipinski definition) is 1. The average Bonchev–Trinajstić information content (AvgIpc) is 2.76. The van der Waals surface area contributed by atoms with E-state index in [2.05, 4.69) is 4.90 Å². The Bertz CT molecular complexity index is 405. The first kappa shape index (κ1) is 13.2. The summed E-state index contributed by atoms with van der Waals surface area (Å²) in [5.41, 5.74) is 0.567. The SMILES string of the molecule is O=C(CCCN1CC[C@@H](O)C1)c1ccc(F)cc1. The molecule has 1 aliphatic heterocycles. The Morgan fingerprint density at radius 3 is 2.72 bits per heavy atom. The van der Waals surface area contributed by atoms with Crippen LogP contribution in [0.25, 0.3) is 0 Å². The lowest BCUT2D eigenvalue weighted by Crippen LogP contribution is -2.23. The molecule has 0 spiro atoms. The minimum atomic E-state index is -0.322. The number of rotatable bonds is 5. The van der Waals surface area contributed by atoms with Gasteiger partial charge in [0, 0.05) is 25.1 Å². The molecular formula is C14H18FNO2. The molecule has 1 saturated heterocycles. The fourth-order valence-electron chi connectivity index (χ4n) is 2.26. The zero-order chi connectivity index (χ0) is 13.0. The third-order valence-corrected chi connectivity index (χ3v) is 3.29. The van der Waals surface area contributed by atoms with Crippen molar-refractivity contribution in [1.29, 1.82) is 0 Å². The molecule has 98 valence electrons. The van der Waals surface area contributed by atoms with E-state index < -0.39 is 0 Å². The lowest BCUT2D eigenvalue weighted by Gasteiger charge is -2.13. The van der Waals surface area contributed by atoms with E-state index in [9.17, 15) is 14.3 Å². The lowest BCUT2D eigenvalue weighted by molar-refractivity contribution is 0.0975. The molecule has 3 nitrogen and oxygen atoms in total. The fourth-order valence-corrected chi connectivity index (χ4v) is 2.26. The molecule has 1 aliphatic rings. The molecule has 1 aromatic carbocycles. The van der Waals surface area contributed by atoms with E-state index >= 15 is 0 Å². The highest BCUT2D eigenvalue weighted by atomic mass is 19.1. The highest BCUT2D eigenvalue weighted by Gasteiger charge is 2.19. The van der Waals surface area contributed by atoms with Gasteiger partial charge in [-0.25, -0.2) is 4.39 Å². The molecule has 1 aromatic rings. The van der Waals surface area contributed by atoms with Crippen molar-refractivity contribution < 1.29 is 14.3 Å². The van der Waals surface area contributed by atoms with Gasteiger partial charge in [0.15, 0.2) is 5.78 Å². The van der Waals surface area contributed by atoms with Crippen LogP contribution in [0.3, 0.4) is 0 Å². The van der Waals surface area contributed by atoms with Gasteiger partial charge in [-0.15, -0.1) is 0 Å². The van der Waals surface area contributed by atoms with E-state index in [0.29, 0.717) is 18.5 Å². The van der Waals surface area contributed by atoms with Crippen molar-refractivity contribution in [3.63, 3.8) is 0 Å². The van der Waals surface area contributed by atoms with E-state index in [0.717, 1.165) is 25.9 Å². The van der Waals surface area contributed by atoms with Gasteiger partial charge in [0.2, 0.25) is 0 Å². The van der Waals surface area contributed by atoms with Crippen molar-refractivity contribution >= 4 is 5.78 Å². The van der Waals surface area contributed by atoms with E-state index in [-0.39, 0.29) is 17.7 Å². The molecule has 1 atom stereocenters. The predicted molar refractivity (Wildman–Crippen MR) is 67.0 cm³/mol. The molecule has 18 heavy (non-hydrogen) atoms. The second kappa shape index (κ2) is 6.07. The van der Waals surface area contributed by atoms with E-state index in [1.807, 2.05) is 0 Å². The van der Waals surface area contributed by atoms with Crippen molar-refractivity contribution in [3.05, 3.63) is 35.6 Å². The van der Waals surface area contributed by atoms with Crippen LogP contribution in [0.1, 0.15) is 29.6 Å². The molecule has 4 heteroatoms. The van der Waals surface area contributed by atoms with Crippen LogP contribution in [0.15, 0.2) is 24.3 Å². The van der Waals surface area contributed by atoms with Gasteiger partial charge in [-0.2, -0.15) is 0 Å². The van der Waals surface area contributed by atoms with Crippen molar-refractivity contribution in [1.82, 2.24) is 4.90 Å². The summed E-state index contributed by atoms with van der Waals surface area (Å²) in [4.78, 5) is 14.0. The maximum absolute atomic E-state index is 12.7. The second-order valence-corrected chi connectivity index (χ2v) is 4.78. The molecule has 0 aliphatic carbocycles.